The van der Waals surface area contributed by atoms with Crippen LogP contribution in [0.4, 0.5) is 0 Å². The lowest BCUT2D eigenvalue weighted by molar-refractivity contribution is 0.549. The predicted octanol–water partition coefficient (Wildman–Crippen LogP) is 2.47. The standard InChI is InChI=1S/C12H19NO2S/c1-3-10-16(14,15)13-12(4-2)11-8-6-5-7-9-11/h5-9,12-13H,3-4,10H2,1-2H3. The number of sulfonamides is 1. The third kappa shape index (κ3) is 3.94. The summed E-state index contributed by atoms with van der Waals surface area (Å²) >= 11 is 0. The van der Waals surface area contributed by atoms with Gasteiger partial charge in [-0.25, -0.2) is 13.1 Å². The third-order valence-electron chi connectivity index (χ3n) is 2.40. The summed E-state index contributed by atoms with van der Waals surface area (Å²) in [5.41, 5.74) is 1.02. The van der Waals surface area contributed by atoms with E-state index in [1.165, 1.54) is 0 Å². The summed E-state index contributed by atoms with van der Waals surface area (Å²) in [5.74, 6) is 0.191. The van der Waals surface area contributed by atoms with Crippen molar-refractivity contribution >= 4 is 10.0 Å². The summed E-state index contributed by atoms with van der Waals surface area (Å²) in [7, 11) is -3.14. The van der Waals surface area contributed by atoms with E-state index in [2.05, 4.69) is 4.72 Å². The number of benzene rings is 1. The van der Waals surface area contributed by atoms with Crippen LogP contribution < -0.4 is 4.72 Å². The Morgan fingerprint density at radius 2 is 1.81 bits per heavy atom. The van der Waals surface area contributed by atoms with Crippen LogP contribution in [-0.2, 0) is 10.0 Å². The molecular weight excluding hydrogens is 222 g/mol. The van der Waals surface area contributed by atoms with E-state index >= 15 is 0 Å². The summed E-state index contributed by atoms with van der Waals surface area (Å²) < 4.78 is 26.1. The van der Waals surface area contributed by atoms with Gasteiger partial charge in [-0.05, 0) is 18.4 Å². The molecule has 0 aliphatic rings. The van der Waals surface area contributed by atoms with Crippen molar-refractivity contribution in [2.75, 3.05) is 5.75 Å². The number of rotatable bonds is 6. The van der Waals surface area contributed by atoms with Crippen molar-refractivity contribution in [1.82, 2.24) is 4.72 Å². The summed E-state index contributed by atoms with van der Waals surface area (Å²) in [4.78, 5) is 0. The van der Waals surface area contributed by atoms with Gasteiger partial charge >= 0.3 is 0 Å². The van der Waals surface area contributed by atoms with Crippen LogP contribution in [0.5, 0.6) is 0 Å². The van der Waals surface area contributed by atoms with Crippen LogP contribution in [0.3, 0.4) is 0 Å². The molecule has 16 heavy (non-hydrogen) atoms. The quantitative estimate of drug-likeness (QED) is 0.831. The molecule has 1 atom stereocenters. The molecule has 0 bridgehead atoms. The maximum Gasteiger partial charge on any atom is 0.212 e. The Morgan fingerprint density at radius 3 is 2.31 bits per heavy atom. The molecule has 4 heteroatoms. The molecule has 0 amide bonds. The number of nitrogens with one attached hydrogen (secondary N) is 1. The maximum atomic E-state index is 11.7. The van der Waals surface area contributed by atoms with Gasteiger partial charge in [-0.1, -0.05) is 44.2 Å². The smallest absolute Gasteiger partial charge is 0.212 e. The first kappa shape index (κ1) is 13.2. The van der Waals surface area contributed by atoms with Crippen molar-refractivity contribution < 1.29 is 8.42 Å². The molecular formula is C12H19NO2S. The lowest BCUT2D eigenvalue weighted by Crippen LogP contribution is -2.30. The lowest BCUT2D eigenvalue weighted by Gasteiger charge is -2.17. The Bertz CT molecular complexity index is 400. The highest BCUT2D eigenvalue weighted by molar-refractivity contribution is 7.89. The van der Waals surface area contributed by atoms with Crippen LogP contribution in [0, 0.1) is 0 Å². The lowest BCUT2D eigenvalue weighted by atomic mass is 10.1. The second-order valence-electron chi connectivity index (χ2n) is 3.81. The normalized spacial score (nSPS) is 13.6. The second-order valence-corrected chi connectivity index (χ2v) is 5.68. The monoisotopic (exact) mass is 241 g/mol. The first-order valence-corrected chi connectivity index (χ1v) is 7.29. The average molecular weight is 241 g/mol. The van der Waals surface area contributed by atoms with Gasteiger partial charge in [0.15, 0.2) is 0 Å². The van der Waals surface area contributed by atoms with Gasteiger partial charge in [-0.3, -0.25) is 0 Å². The molecule has 90 valence electrons. The summed E-state index contributed by atoms with van der Waals surface area (Å²) in [6, 6.07) is 9.55. The molecule has 0 aliphatic heterocycles. The molecule has 0 heterocycles. The van der Waals surface area contributed by atoms with Gasteiger partial charge in [0.05, 0.1) is 5.75 Å². The summed E-state index contributed by atoms with van der Waals surface area (Å²) in [5, 5.41) is 0. The zero-order chi connectivity index (χ0) is 12.0. The number of hydrogen-bond acceptors (Lipinski definition) is 2. The first-order chi connectivity index (χ1) is 7.59. The van der Waals surface area contributed by atoms with Crippen LogP contribution in [-0.4, -0.2) is 14.2 Å². The topological polar surface area (TPSA) is 46.2 Å². The highest BCUT2D eigenvalue weighted by Crippen LogP contribution is 2.17. The molecule has 1 unspecified atom stereocenters. The summed E-state index contributed by atoms with van der Waals surface area (Å²) in [6.07, 6.45) is 1.40. The predicted molar refractivity (Wildman–Crippen MR) is 66.7 cm³/mol. The van der Waals surface area contributed by atoms with Crippen LogP contribution >= 0.6 is 0 Å². The second kappa shape index (κ2) is 6.01. The van der Waals surface area contributed by atoms with Crippen molar-refractivity contribution in [3.8, 4) is 0 Å². The van der Waals surface area contributed by atoms with Crippen LogP contribution in [0.1, 0.15) is 38.3 Å². The van der Waals surface area contributed by atoms with Crippen LogP contribution in [0.15, 0.2) is 30.3 Å². The van der Waals surface area contributed by atoms with Gasteiger partial charge < -0.3 is 0 Å². The van der Waals surface area contributed by atoms with E-state index in [9.17, 15) is 8.42 Å². The molecule has 0 fully saturated rings. The molecule has 0 radical (unpaired) electrons. The molecule has 0 aliphatic carbocycles. The zero-order valence-electron chi connectivity index (χ0n) is 9.81. The first-order valence-electron chi connectivity index (χ1n) is 5.64. The van der Waals surface area contributed by atoms with E-state index in [0.717, 1.165) is 12.0 Å². The molecule has 1 aromatic rings. The third-order valence-corrected chi connectivity index (χ3v) is 3.99. The molecule has 1 aromatic carbocycles. The van der Waals surface area contributed by atoms with Crippen LogP contribution in [0.2, 0.25) is 0 Å². The molecule has 1 rings (SSSR count). The zero-order valence-corrected chi connectivity index (χ0v) is 10.6. The Kier molecular flexibility index (Phi) is 4.96. The minimum absolute atomic E-state index is 0.113. The Labute approximate surface area is 97.9 Å². The minimum atomic E-state index is -3.14. The van der Waals surface area contributed by atoms with Gasteiger partial charge in [0.25, 0.3) is 0 Å². The fourth-order valence-corrected chi connectivity index (χ4v) is 3.01. The van der Waals surface area contributed by atoms with Gasteiger partial charge in [0.2, 0.25) is 10.0 Å². The Hall–Kier alpha value is -0.870. The van der Waals surface area contributed by atoms with E-state index < -0.39 is 10.0 Å². The van der Waals surface area contributed by atoms with Crippen molar-refractivity contribution in [3.63, 3.8) is 0 Å². The fraction of sp³-hybridized carbons (Fsp3) is 0.500. The number of hydrogen-bond donors (Lipinski definition) is 1. The molecule has 0 saturated carbocycles. The van der Waals surface area contributed by atoms with Gasteiger partial charge in [0, 0.05) is 6.04 Å². The Morgan fingerprint density at radius 1 is 1.19 bits per heavy atom. The minimum Gasteiger partial charge on any atom is -0.212 e. The molecule has 0 aromatic heterocycles. The highest BCUT2D eigenvalue weighted by Gasteiger charge is 2.16. The SMILES string of the molecule is CCCS(=O)(=O)NC(CC)c1ccccc1. The van der Waals surface area contributed by atoms with Crippen molar-refractivity contribution in [2.24, 2.45) is 0 Å². The Balaban J connectivity index is 2.78. The van der Waals surface area contributed by atoms with Crippen molar-refractivity contribution in [2.45, 2.75) is 32.7 Å². The summed E-state index contributed by atoms with van der Waals surface area (Å²) in [6.45, 7) is 3.84. The van der Waals surface area contributed by atoms with Crippen molar-refractivity contribution in [3.05, 3.63) is 35.9 Å². The van der Waals surface area contributed by atoms with E-state index in [-0.39, 0.29) is 11.8 Å². The van der Waals surface area contributed by atoms with Gasteiger partial charge in [-0.2, -0.15) is 0 Å². The molecule has 0 spiro atoms. The molecule has 0 saturated heterocycles. The molecule has 3 nitrogen and oxygen atoms in total. The maximum absolute atomic E-state index is 11.7. The fourth-order valence-electron chi connectivity index (χ4n) is 1.62. The largest absolute Gasteiger partial charge is 0.212 e. The van der Waals surface area contributed by atoms with Gasteiger partial charge in [0.1, 0.15) is 0 Å². The van der Waals surface area contributed by atoms with Crippen LogP contribution in [0.25, 0.3) is 0 Å². The molecule has 1 N–H and O–H groups in total. The van der Waals surface area contributed by atoms with E-state index in [0.29, 0.717) is 6.42 Å². The van der Waals surface area contributed by atoms with E-state index in [4.69, 9.17) is 0 Å². The average Bonchev–Trinajstić information content (AvgIpc) is 2.27. The van der Waals surface area contributed by atoms with Crippen molar-refractivity contribution in [1.29, 1.82) is 0 Å². The van der Waals surface area contributed by atoms with Gasteiger partial charge in [-0.15, -0.1) is 0 Å². The van der Waals surface area contributed by atoms with E-state index in [1.807, 2.05) is 44.2 Å². The highest BCUT2D eigenvalue weighted by atomic mass is 32.2. The van der Waals surface area contributed by atoms with E-state index in [1.54, 1.807) is 0 Å².